The Balaban J connectivity index is 1.09. The average molecular weight is 751 g/mol. The molecule has 0 saturated carbocycles. The standard InChI is InChI=1S/C53H42N4O/c1-55-51(35-18-5-3-6-19-35)54-52(56(2)53(55)36-20-7-4-8-21-36)38-23-15-22-37(34-38)39-27-16-28-43-40-24-9-12-31-46(40)57(49(39)43)47-32-13-10-25-41(47)44-29-17-30-45-42-26-11-14-33-48(42)58-50(44)45/h3-34,51-54H,1-2H3/t51?,52?,53-/m1/s1. The Kier molecular flexibility index (Phi) is 8.33. The molecule has 1 aliphatic heterocycles. The second-order valence-electron chi connectivity index (χ2n) is 15.5. The minimum atomic E-state index is -0.0540. The van der Waals surface area contributed by atoms with E-state index in [1.54, 1.807) is 0 Å². The summed E-state index contributed by atoms with van der Waals surface area (Å²) >= 11 is 0. The number of hydrogen-bond donors (Lipinski definition) is 1. The van der Waals surface area contributed by atoms with Crippen molar-refractivity contribution in [2.75, 3.05) is 14.1 Å². The van der Waals surface area contributed by atoms with Gasteiger partial charge in [-0.1, -0.05) is 170 Å². The molecule has 1 fully saturated rings. The number of fused-ring (bicyclic) bond motifs is 6. The van der Waals surface area contributed by atoms with Gasteiger partial charge in [0.25, 0.3) is 0 Å². The third kappa shape index (κ3) is 5.51. The molecule has 10 aromatic rings. The number of nitrogens with one attached hydrogen (secondary N) is 1. The molecule has 0 amide bonds. The van der Waals surface area contributed by atoms with E-state index in [-0.39, 0.29) is 18.5 Å². The highest BCUT2D eigenvalue weighted by atomic mass is 16.3. The Morgan fingerprint density at radius 2 is 1.02 bits per heavy atom. The summed E-state index contributed by atoms with van der Waals surface area (Å²) in [5.74, 6) is 0. The van der Waals surface area contributed by atoms with Gasteiger partial charge in [-0.25, -0.2) is 0 Å². The minimum Gasteiger partial charge on any atom is -0.455 e. The van der Waals surface area contributed by atoms with Gasteiger partial charge in [-0.15, -0.1) is 0 Å². The Morgan fingerprint density at radius 3 is 1.83 bits per heavy atom. The van der Waals surface area contributed by atoms with Crippen LogP contribution in [-0.4, -0.2) is 28.5 Å². The fourth-order valence-electron chi connectivity index (χ4n) is 9.58. The van der Waals surface area contributed by atoms with Crippen molar-refractivity contribution >= 4 is 43.7 Å². The summed E-state index contributed by atoms with van der Waals surface area (Å²) in [5, 5.41) is 8.74. The lowest BCUT2D eigenvalue weighted by molar-refractivity contribution is -0.0660. The summed E-state index contributed by atoms with van der Waals surface area (Å²) in [5.41, 5.74) is 13.5. The van der Waals surface area contributed by atoms with Gasteiger partial charge in [0.15, 0.2) is 0 Å². The molecule has 1 N–H and O–H groups in total. The molecule has 0 bridgehead atoms. The molecule has 5 nitrogen and oxygen atoms in total. The zero-order chi connectivity index (χ0) is 38.7. The summed E-state index contributed by atoms with van der Waals surface area (Å²) in [6.07, 6.45) is 0.0107. The molecular formula is C53H42N4O. The van der Waals surface area contributed by atoms with E-state index in [9.17, 15) is 0 Å². The second kappa shape index (κ2) is 14.0. The third-order valence-corrected chi connectivity index (χ3v) is 12.2. The number of furan rings is 1. The average Bonchev–Trinajstić information content (AvgIpc) is 3.83. The van der Waals surface area contributed by atoms with E-state index in [1.165, 1.54) is 49.6 Å². The first-order chi connectivity index (χ1) is 28.6. The first-order valence-corrected chi connectivity index (χ1v) is 20.1. The Morgan fingerprint density at radius 1 is 0.448 bits per heavy atom. The molecule has 280 valence electrons. The second-order valence-corrected chi connectivity index (χ2v) is 15.5. The number of para-hydroxylation sites is 5. The van der Waals surface area contributed by atoms with Crippen molar-refractivity contribution in [3.05, 3.63) is 211 Å². The number of hydrogen-bond acceptors (Lipinski definition) is 4. The minimum absolute atomic E-state index is 0.00920. The van der Waals surface area contributed by atoms with Crippen LogP contribution >= 0.6 is 0 Å². The predicted octanol–water partition coefficient (Wildman–Crippen LogP) is 12.9. The Hall–Kier alpha value is -6.76. The summed E-state index contributed by atoms with van der Waals surface area (Å²) in [6.45, 7) is 0. The highest BCUT2D eigenvalue weighted by Crippen LogP contribution is 2.45. The summed E-state index contributed by atoms with van der Waals surface area (Å²) in [4.78, 5) is 4.90. The quantitative estimate of drug-likeness (QED) is 0.184. The van der Waals surface area contributed by atoms with Crippen LogP contribution in [0.25, 0.3) is 71.7 Å². The first kappa shape index (κ1) is 34.5. The maximum atomic E-state index is 6.61. The summed E-state index contributed by atoms with van der Waals surface area (Å²) in [7, 11) is 4.45. The molecule has 0 aliphatic carbocycles. The third-order valence-electron chi connectivity index (χ3n) is 12.2. The lowest BCUT2D eigenvalue weighted by atomic mass is 9.96. The van der Waals surface area contributed by atoms with Gasteiger partial charge in [-0.2, -0.15) is 0 Å². The summed E-state index contributed by atoms with van der Waals surface area (Å²) < 4.78 is 9.09. The molecule has 1 aliphatic rings. The lowest BCUT2D eigenvalue weighted by Gasteiger charge is -2.50. The first-order valence-electron chi connectivity index (χ1n) is 20.1. The van der Waals surface area contributed by atoms with Crippen molar-refractivity contribution in [2.45, 2.75) is 18.5 Å². The highest BCUT2D eigenvalue weighted by Gasteiger charge is 2.39. The fourth-order valence-corrected chi connectivity index (χ4v) is 9.58. The van der Waals surface area contributed by atoms with Crippen molar-refractivity contribution in [1.29, 1.82) is 0 Å². The smallest absolute Gasteiger partial charge is 0.143 e. The summed E-state index contributed by atoms with van der Waals surface area (Å²) in [6, 6.07) is 69.9. The normalized spacial score (nSPS) is 17.8. The predicted molar refractivity (Wildman–Crippen MR) is 239 cm³/mol. The van der Waals surface area contributed by atoms with Gasteiger partial charge in [0, 0.05) is 38.2 Å². The van der Waals surface area contributed by atoms with Gasteiger partial charge >= 0.3 is 0 Å². The van der Waals surface area contributed by atoms with Crippen molar-refractivity contribution in [3.8, 4) is 27.9 Å². The maximum Gasteiger partial charge on any atom is 0.143 e. The van der Waals surface area contributed by atoms with E-state index >= 15 is 0 Å². The van der Waals surface area contributed by atoms with Crippen LogP contribution in [0.5, 0.6) is 0 Å². The molecule has 0 radical (unpaired) electrons. The molecule has 2 aromatic heterocycles. The zero-order valence-electron chi connectivity index (χ0n) is 32.5. The molecule has 0 spiro atoms. The van der Waals surface area contributed by atoms with Gasteiger partial charge in [0.05, 0.1) is 35.2 Å². The largest absolute Gasteiger partial charge is 0.455 e. The SMILES string of the molecule is CN1C(c2ccccc2)NC(c2cccc(-c3cccc4c5ccccc5n(-c5ccccc5-c5cccc6c5oc5ccccc56)c34)c2)N(C)[C@@H]1c1ccccc1. The lowest BCUT2D eigenvalue weighted by Crippen LogP contribution is -2.55. The van der Waals surface area contributed by atoms with Crippen LogP contribution in [0.4, 0.5) is 0 Å². The number of benzene rings is 8. The van der Waals surface area contributed by atoms with Crippen LogP contribution in [0.2, 0.25) is 0 Å². The molecular weight excluding hydrogens is 709 g/mol. The van der Waals surface area contributed by atoms with Gasteiger partial charge < -0.3 is 8.98 Å². The van der Waals surface area contributed by atoms with Crippen LogP contribution in [0.1, 0.15) is 35.2 Å². The van der Waals surface area contributed by atoms with Crippen molar-refractivity contribution < 1.29 is 4.42 Å². The highest BCUT2D eigenvalue weighted by molar-refractivity contribution is 6.15. The molecule has 3 atom stereocenters. The molecule has 8 aromatic carbocycles. The van der Waals surface area contributed by atoms with Gasteiger partial charge in [-0.3, -0.25) is 15.1 Å². The Bertz CT molecular complexity index is 3110. The number of nitrogens with zero attached hydrogens (tertiary/aromatic N) is 3. The molecule has 58 heavy (non-hydrogen) atoms. The van der Waals surface area contributed by atoms with Crippen LogP contribution < -0.4 is 5.32 Å². The van der Waals surface area contributed by atoms with Gasteiger partial charge in [-0.05, 0) is 60.6 Å². The van der Waals surface area contributed by atoms with Crippen LogP contribution in [0.15, 0.2) is 199 Å². The molecule has 1 saturated heterocycles. The van der Waals surface area contributed by atoms with Gasteiger partial charge in [0.2, 0.25) is 0 Å². The molecule has 5 heteroatoms. The van der Waals surface area contributed by atoms with Crippen LogP contribution in [-0.2, 0) is 0 Å². The zero-order valence-corrected chi connectivity index (χ0v) is 32.5. The molecule has 11 rings (SSSR count). The van der Waals surface area contributed by atoms with Crippen LogP contribution in [0, 0.1) is 0 Å². The monoisotopic (exact) mass is 750 g/mol. The van der Waals surface area contributed by atoms with Crippen molar-refractivity contribution in [2.24, 2.45) is 0 Å². The van der Waals surface area contributed by atoms with E-state index in [4.69, 9.17) is 4.42 Å². The van der Waals surface area contributed by atoms with Crippen LogP contribution in [0.3, 0.4) is 0 Å². The van der Waals surface area contributed by atoms with E-state index in [0.29, 0.717) is 0 Å². The van der Waals surface area contributed by atoms with E-state index in [0.717, 1.165) is 38.8 Å². The molecule has 3 heterocycles. The number of rotatable bonds is 6. The van der Waals surface area contributed by atoms with Crippen molar-refractivity contribution in [1.82, 2.24) is 19.7 Å². The Labute approximate surface area is 338 Å². The van der Waals surface area contributed by atoms with E-state index in [2.05, 4.69) is 222 Å². The molecule has 2 unspecified atom stereocenters. The maximum absolute atomic E-state index is 6.61. The fraction of sp³-hybridized carbons (Fsp3) is 0.0943. The number of aromatic nitrogens is 1. The van der Waals surface area contributed by atoms with Crippen molar-refractivity contribution in [3.63, 3.8) is 0 Å². The topological polar surface area (TPSA) is 36.6 Å². The van der Waals surface area contributed by atoms with E-state index in [1.807, 2.05) is 6.07 Å². The van der Waals surface area contributed by atoms with Gasteiger partial charge in [0.1, 0.15) is 11.2 Å². The van der Waals surface area contributed by atoms with E-state index < -0.39 is 0 Å².